The second-order valence-electron chi connectivity index (χ2n) is 5.79. The molecular weight excluding hydrogens is 264 g/mol. The highest BCUT2D eigenvalue weighted by Gasteiger charge is 2.13. The van der Waals surface area contributed by atoms with E-state index >= 15 is 0 Å². The fourth-order valence-corrected chi connectivity index (χ4v) is 3.19. The van der Waals surface area contributed by atoms with E-state index in [-0.39, 0.29) is 6.04 Å². The zero-order valence-electron chi connectivity index (χ0n) is 12.4. The SMILES string of the molecule is C[C@@H](NC(=S)NC1CCCCCCC1)c1ccccc1. The van der Waals surface area contributed by atoms with Gasteiger partial charge in [0.2, 0.25) is 0 Å². The predicted octanol–water partition coefficient (Wildman–Crippen LogP) is 4.32. The highest BCUT2D eigenvalue weighted by molar-refractivity contribution is 7.80. The highest BCUT2D eigenvalue weighted by Crippen LogP contribution is 2.17. The van der Waals surface area contributed by atoms with Gasteiger partial charge in [0.25, 0.3) is 0 Å². The Morgan fingerprint density at radius 1 is 1.05 bits per heavy atom. The molecule has 20 heavy (non-hydrogen) atoms. The van der Waals surface area contributed by atoms with Crippen LogP contribution in [0.3, 0.4) is 0 Å². The largest absolute Gasteiger partial charge is 0.360 e. The van der Waals surface area contributed by atoms with Crippen LogP contribution in [0.15, 0.2) is 30.3 Å². The zero-order valence-corrected chi connectivity index (χ0v) is 13.2. The van der Waals surface area contributed by atoms with E-state index in [9.17, 15) is 0 Å². The molecule has 1 aromatic carbocycles. The molecule has 2 N–H and O–H groups in total. The first-order valence-corrected chi connectivity index (χ1v) is 8.28. The van der Waals surface area contributed by atoms with Crippen molar-refractivity contribution in [3.8, 4) is 0 Å². The first kappa shape index (κ1) is 15.3. The topological polar surface area (TPSA) is 24.1 Å². The molecule has 2 rings (SSSR count). The summed E-state index contributed by atoms with van der Waals surface area (Å²) in [4.78, 5) is 0. The van der Waals surface area contributed by atoms with E-state index in [1.807, 2.05) is 6.07 Å². The number of thiocarbonyl (C=S) groups is 1. The standard InChI is InChI=1S/C17H26N2S/c1-14(15-10-6-5-7-11-15)18-17(20)19-16-12-8-3-2-4-9-13-16/h5-7,10-11,14,16H,2-4,8-9,12-13H2,1H3,(H2,18,19,20)/t14-/m1/s1. The van der Waals surface area contributed by atoms with Crippen LogP contribution in [0.1, 0.15) is 63.5 Å². The minimum absolute atomic E-state index is 0.254. The van der Waals surface area contributed by atoms with E-state index < -0.39 is 0 Å². The maximum Gasteiger partial charge on any atom is 0.166 e. The van der Waals surface area contributed by atoms with Crippen molar-refractivity contribution in [2.45, 2.75) is 64.0 Å². The molecule has 0 saturated heterocycles. The van der Waals surface area contributed by atoms with Gasteiger partial charge in [-0.05, 0) is 37.5 Å². The van der Waals surface area contributed by atoms with Crippen LogP contribution in [-0.2, 0) is 0 Å². The van der Waals surface area contributed by atoms with Crippen molar-refractivity contribution in [3.05, 3.63) is 35.9 Å². The summed E-state index contributed by atoms with van der Waals surface area (Å²) < 4.78 is 0. The second-order valence-corrected chi connectivity index (χ2v) is 6.20. The molecule has 1 fully saturated rings. The summed E-state index contributed by atoms with van der Waals surface area (Å²) in [5.41, 5.74) is 1.27. The lowest BCUT2D eigenvalue weighted by Crippen LogP contribution is -2.43. The molecule has 0 amide bonds. The van der Waals surface area contributed by atoms with Gasteiger partial charge in [0.1, 0.15) is 0 Å². The van der Waals surface area contributed by atoms with Gasteiger partial charge >= 0.3 is 0 Å². The van der Waals surface area contributed by atoms with Gasteiger partial charge in [0, 0.05) is 6.04 Å². The molecule has 110 valence electrons. The molecule has 0 unspecified atom stereocenters. The van der Waals surface area contributed by atoms with Crippen molar-refractivity contribution in [3.63, 3.8) is 0 Å². The molecule has 1 aliphatic rings. The lowest BCUT2D eigenvalue weighted by molar-refractivity contribution is 0.426. The maximum absolute atomic E-state index is 5.47. The molecule has 1 saturated carbocycles. The lowest BCUT2D eigenvalue weighted by atomic mass is 9.97. The third kappa shape index (κ3) is 5.12. The molecule has 0 aliphatic heterocycles. The van der Waals surface area contributed by atoms with Crippen LogP contribution in [0.5, 0.6) is 0 Å². The van der Waals surface area contributed by atoms with Crippen LogP contribution in [0.2, 0.25) is 0 Å². The van der Waals surface area contributed by atoms with Gasteiger partial charge in [-0.25, -0.2) is 0 Å². The van der Waals surface area contributed by atoms with E-state index in [4.69, 9.17) is 12.2 Å². The summed E-state index contributed by atoms with van der Waals surface area (Å²) in [6.45, 7) is 2.15. The second kappa shape index (κ2) is 8.25. The minimum atomic E-state index is 0.254. The molecule has 0 spiro atoms. The number of hydrogen-bond acceptors (Lipinski definition) is 1. The number of rotatable bonds is 3. The molecule has 3 heteroatoms. The summed E-state index contributed by atoms with van der Waals surface area (Å²) >= 11 is 5.47. The van der Waals surface area contributed by atoms with Gasteiger partial charge in [-0.1, -0.05) is 62.4 Å². The Morgan fingerprint density at radius 3 is 2.30 bits per heavy atom. The smallest absolute Gasteiger partial charge is 0.166 e. The van der Waals surface area contributed by atoms with Crippen molar-refractivity contribution >= 4 is 17.3 Å². The molecule has 1 aromatic rings. The first-order chi connectivity index (χ1) is 9.75. The Hall–Kier alpha value is -1.09. The Labute approximate surface area is 128 Å². The summed E-state index contributed by atoms with van der Waals surface area (Å²) in [5.74, 6) is 0. The zero-order chi connectivity index (χ0) is 14.2. The van der Waals surface area contributed by atoms with E-state index in [0.29, 0.717) is 6.04 Å². The molecule has 2 nitrogen and oxygen atoms in total. The Balaban J connectivity index is 1.79. The van der Waals surface area contributed by atoms with Crippen LogP contribution >= 0.6 is 12.2 Å². The van der Waals surface area contributed by atoms with Gasteiger partial charge < -0.3 is 10.6 Å². The lowest BCUT2D eigenvalue weighted by Gasteiger charge is -2.24. The highest BCUT2D eigenvalue weighted by atomic mass is 32.1. The van der Waals surface area contributed by atoms with Crippen LogP contribution in [0.25, 0.3) is 0 Å². The minimum Gasteiger partial charge on any atom is -0.360 e. The maximum atomic E-state index is 5.47. The third-order valence-corrected chi connectivity index (χ3v) is 4.32. The number of hydrogen-bond donors (Lipinski definition) is 2. The molecule has 1 aliphatic carbocycles. The van der Waals surface area contributed by atoms with Crippen molar-refractivity contribution in [2.75, 3.05) is 0 Å². The molecule has 0 heterocycles. The van der Waals surface area contributed by atoms with E-state index in [1.165, 1.54) is 50.5 Å². The average molecular weight is 290 g/mol. The summed E-state index contributed by atoms with van der Waals surface area (Å²) in [7, 11) is 0. The van der Waals surface area contributed by atoms with Crippen molar-refractivity contribution in [1.82, 2.24) is 10.6 Å². The summed E-state index contributed by atoms with van der Waals surface area (Å²) in [5, 5.41) is 7.71. The van der Waals surface area contributed by atoms with Crippen LogP contribution in [0.4, 0.5) is 0 Å². The normalized spacial score (nSPS) is 18.6. The van der Waals surface area contributed by atoms with Gasteiger partial charge in [-0.3, -0.25) is 0 Å². The predicted molar refractivity (Wildman–Crippen MR) is 89.8 cm³/mol. The first-order valence-electron chi connectivity index (χ1n) is 7.87. The third-order valence-electron chi connectivity index (χ3n) is 4.09. The van der Waals surface area contributed by atoms with E-state index in [2.05, 4.69) is 41.8 Å². The monoisotopic (exact) mass is 290 g/mol. The molecular formula is C17H26N2S. The molecule has 0 bridgehead atoms. The molecule has 0 radical (unpaired) electrons. The number of nitrogens with one attached hydrogen (secondary N) is 2. The van der Waals surface area contributed by atoms with Crippen LogP contribution in [-0.4, -0.2) is 11.2 Å². The molecule has 1 atom stereocenters. The van der Waals surface area contributed by atoms with Gasteiger partial charge in [-0.15, -0.1) is 0 Å². The molecule has 0 aromatic heterocycles. The van der Waals surface area contributed by atoms with Crippen molar-refractivity contribution in [1.29, 1.82) is 0 Å². The van der Waals surface area contributed by atoms with Crippen LogP contribution in [0, 0.1) is 0 Å². The number of benzene rings is 1. The van der Waals surface area contributed by atoms with E-state index in [1.54, 1.807) is 0 Å². The van der Waals surface area contributed by atoms with E-state index in [0.717, 1.165) is 5.11 Å². The average Bonchev–Trinajstić information content (AvgIpc) is 2.42. The Morgan fingerprint density at radius 2 is 1.65 bits per heavy atom. The van der Waals surface area contributed by atoms with Gasteiger partial charge in [0.15, 0.2) is 5.11 Å². The van der Waals surface area contributed by atoms with Gasteiger partial charge in [-0.2, -0.15) is 0 Å². The fourth-order valence-electron chi connectivity index (χ4n) is 2.85. The summed E-state index contributed by atoms with van der Waals surface area (Å²) in [6, 6.07) is 11.3. The van der Waals surface area contributed by atoms with Crippen LogP contribution < -0.4 is 10.6 Å². The fraction of sp³-hybridized carbons (Fsp3) is 0.588. The van der Waals surface area contributed by atoms with Crippen molar-refractivity contribution < 1.29 is 0 Å². The van der Waals surface area contributed by atoms with Gasteiger partial charge in [0.05, 0.1) is 6.04 Å². The Bertz CT molecular complexity index is 397. The Kier molecular flexibility index (Phi) is 6.31. The summed E-state index contributed by atoms with van der Waals surface area (Å²) in [6.07, 6.45) is 9.31. The van der Waals surface area contributed by atoms with Crippen molar-refractivity contribution in [2.24, 2.45) is 0 Å². The quantitative estimate of drug-likeness (QED) is 0.811.